The molecule has 0 aliphatic rings. The largest absolute Gasteiger partial charge is 0.493 e. The van der Waals surface area contributed by atoms with Crippen molar-refractivity contribution in [3.63, 3.8) is 0 Å². The van der Waals surface area contributed by atoms with Crippen LogP contribution in [0.15, 0.2) is 23.1 Å². The van der Waals surface area contributed by atoms with Crippen LogP contribution in [0, 0.1) is 0 Å². The van der Waals surface area contributed by atoms with Crippen LogP contribution in [0.1, 0.15) is 27.2 Å². The lowest BCUT2D eigenvalue weighted by molar-refractivity contribution is -0.122. The maximum atomic E-state index is 12.4. The van der Waals surface area contributed by atoms with Crippen molar-refractivity contribution in [1.29, 1.82) is 0 Å². The molecule has 0 saturated heterocycles. The number of benzene rings is 1. The number of methoxy groups -OCH3 is 2. The molecule has 2 unspecified atom stereocenters. The summed E-state index contributed by atoms with van der Waals surface area (Å²) >= 11 is 0. The van der Waals surface area contributed by atoms with Gasteiger partial charge in [-0.2, -0.15) is 4.72 Å². The van der Waals surface area contributed by atoms with E-state index in [1.165, 1.54) is 39.3 Å². The molecule has 1 aromatic carbocycles. The maximum Gasteiger partial charge on any atom is 0.241 e. The molecule has 1 aromatic rings. The zero-order valence-corrected chi connectivity index (χ0v) is 14.9. The first kappa shape index (κ1) is 19.2. The topological polar surface area (TPSA) is 93.7 Å². The van der Waals surface area contributed by atoms with Crippen LogP contribution in [0.4, 0.5) is 0 Å². The van der Waals surface area contributed by atoms with Gasteiger partial charge in [0.15, 0.2) is 11.5 Å². The van der Waals surface area contributed by atoms with Gasteiger partial charge in [0, 0.05) is 12.1 Å². The highest BCUT2D eigenvalue weighted by Gasteiger charge is 2.23. The first-order valence-corrected chi connectivity index (χ1v) is 8.78. The molecule has 8 heteroatoms. The molecule has 0 heterocycles. The van der Waals surface area contributed by atoms with Crippen molar-refractivity contribution in [2.75, 3.05) is 14.2 Å². The minimum Gasteiger partial charge on any atom is -0.493 e. The Hall–Kier alpha value is -1.80. The molecule has 0 bridgehead atoms. The van der Waals surface area contributed by atoms with Crippen LogP contribution in [-0.4, -0.2) is 40.6 Å². The lowest BCUT2D eigenvalue weighted by atomic mass is 10.2. The number of rotatable bonds is 8. The number of carbonyl (C=O) groups is 1. The Morgan fingerprint density at radius 3 is 2.30 bits per heavy atom. The van der Waals surface area contributed by atoms with Crippen LogP contribution < -0.4 is 19.5 Å². The number of nitrogens with one attached hydrogen (secondary N) is 2. The van der Waals surface area contributed by atoms with Crippen LogP contribution in [0.3, 0.4) is 0 Å². The lowest BCUT2D eigenvalue weighted by Crippen LogP contribution is -2.47. The summed E-state index contributed by atoms with van der Waals surface area (Å²) in [6, 6.07) is 3.33. The van der Waals surface area contributed by atoms with Crippen LogP contribution in [0.2, 0.25) is 0 Å². The van der Waals surface area contributed by atoms with Crippen molar-refractivity contribution >= 4 is 15.9 Å². The number of sulfonamides is 1. The van der Waals surface area contributed by atoms with Crippen molar-refractivity contribution in [1.82, 2.24) is 10.0 Å². The highest BCUT2D eigenvalue weighted by Crippen LogP contribution is 2.29. The molecule has 0 aliphatic carbocycles. The van der Waals surface area contributed by atoms with E-state index in [1.807, 2.05) is 13.8 Å². The van der Waals surface area contributed by atoms with E-state index in [0.717, 1.165) is 6.42 Å². The summed E-state index contributed by atoms with van der Waals surface area (Å²) < 4.78 is 37.3. The summed E-state index contributed by atoms with van der Waals surface area (Å²) in [7, 11) is -0.967. The van der Waals surface area contributed by atoms with Crippen molar-refractivity contribution in [2.45, 2.75) is 44.2 Å². The van der Waals surface area contributed by atoms with Gasteiger partial charge in [0.2, 0.25) is 15.9 Å². The highest BCUT2D eigenvalue weighted by atomic mass is 32.2. The zero-order chi connectivity index (χ0) is 17.6. The number of hydrogen-bond donors (Lipinski definition) is 2. The van der Waals surface area contributed by atoms with E-state index in [1.54, 1.807) is 0 Å². The van der Waals surface area contributed by atoms with Crippen molar-refractivity contribution in [3.8, 4) is 11.5 Å². The molecule has 0 spiro atoms. The Bertz CT molecular complexity index is 645. The molecular weight excluding hydrogens is 320 g/mol. The second-order valence-electron chi connectivity index (χ2n) is 5.18. The molecule has 0 fully saturated rings. The third-order valence-electron chi connectivity index (χ3n) is 3.39. The van der Waals surface area contributed by atoms with Gasteiger partial charge in [-0.25, -0.2) is 8.42 Å². The molecule has 7 nitrogen and oxygen atoms in total. The van der Waals surface area contributed by atoms with Crippen LogP contribution in [0.25, 0.3) is 0 Å². The standard InChI is InChI=1S/C15H24N2O5S/c1-6-10(2)16-15(18)11(3)17-23(19,20)12-7-8-13(21-4)14(9-12)22-5/h7-11,17H,6H2,1-5H3,(H,16,18). The summed E-state index contributed by atoms with van der Waals surface area (Å²) in [5.74, 6) is 0.351. The number of hydrogen-bond acceptors (Lipinski definition) is 5. The van der Waals surface area contributed by atoms with Gasteiger partial charge in [-0.1, -0.05) is 6.92 Å². The summed E-state index contributed by atoms with van der Waals surface area (Å²) in [6.45, 7) is 5.28. The normalized spacial score (nSPS) is 14.0. The molecule has 0 radical (unpaired) electrons. The quantitative estimate of drug-likeness (QED) is 0.741. The molecule has 2 atom stereocenters. The third kappa shape index (κ3) is 5.11. The van der Waals surface area contributed by atoms with Gasteiger partial charge in [0.1, 0.15) is 0 Å². The molecule has 0 aliphatic heterocycles. The molecular formula is C15H24N2O5S. The van der Waals surface area contributed by atoms with Gasteiger partial charge in [-0.05, 0) is 32.4 Å². The maximum absolute atomic E-state index is 12.4. The average Bonchev–Trinajstić information content (AvgIpc) is 2.53. The highest BCUT2D eigenvalue weighted by molar-refractivity contribution is 7.89. The number of amides is 1. The van der Waals surface area contributed by atoms with E-state index in [2.05, 4.69) is 10.0 Å². The second-order valence-corrected chi connectivity index (χ2v) is 6.89. The molecule has 1 rings (SSSR count). The number of ether oxygens (including phenoxy) is 2. The van der Waals surface area contributed by atoms with Gasteiger partial charge >= 0.3 is 0 Å². The minimum absolute atomic E-state index is 0.00154. The molecule has 23 heavy (non-hydrogen) atoms. The fraction of sp³-hybridized carbons (Fsp3) is 0.533. The average molecular weight is 344 g/mol. The second kappa shape index (κ2) is 8.16. The van der Waals surface area contributed by atoms with Gasteiger partial charge in [-0.15, -0.1) is 0 Å². The van der Waals surface area contributed by atoms with Gasteiger partial charge in [-0.3, -0.25) is 4.79 Å². The molecule has 130 valence electrons. The first-order valence-electron chi connectivity index (χ1n) is 7.29. The monoisotopic (exact) mass is 344 g/mol. The Kier molecular flexibility index (Phi) is 6.83. The fourth-order valence-corrected chi connectivity index (χ4v) is 3.03. The third-order valence-corrected chi connectivity index (χ3v) is 4.93. The fourth-order valence-electron chi connectivity index (χ4n) is 1.81. The van der Waals surface area contributed by atoms with Gasteiger partial charge in [0.05, 0.1) is 25.2 Å². The predicted octanol–water partition coefficient (Wildman–Crippen LogP) is 1.29. The van der Waals surface area contributed by atoms with E-state index >= 15 is 0 Å². The first-order chi connectivity index (χ1) is 10.7. The van der Waals surface area contributed by atoms with Gasteiger partial charge in [0.25, 0.3) is 0 Å². The van der Waals surface area contributed by atoms with Crippen LogP contribution in [0.5, 0.6) is 11.5 Å². The summed E-state index contributed by atoms with van der Waals surface area (Å²) in [4.78, 5) is 12.0. The number of carbonyl (C=O) groups excluding carboxylic acids is 1. The lowest BCUT2D eigenvalue weighted by Gasteiger charge is -2.18. The Morgan fingerprint density at radius 2 is 1.78 bits per heavy atom. The van der Waals surface area contributed by atoms with Crippen LogP contribution >= 0.6 is 0 Å². The predicted molar refractivity (Wildman–Crippen MR) is 87.2 cm³/mol. The minimum atomic E-state index is -3.85. The van der Waals surface area contributed by atoms with E-state index < -0.39 is 16.1 Å². The summed E-state index contributed by atoms with van der Waals surface area (Å²) in [6.07, 6.45) is 0.765. The SMILES string of the molecule is CCC(C)NC(=O)C(C)NS(=O)(=O)c1ccc(OC)c(OC)c1. The van der Waals surface area contributed by atoms with Gasteiger partial charge < -0.3 is 14.8 Å². The summed E-state index contributed by atoms with van der Waals surface area (Å²) in [5, 5.41) is 2.73. The Morgan fingerprint density at radius 1 is 1.17 bits per heavy atom. The zero-order valence-electron chi connectivity index (χ0n) is 14.0. The van der Waals surface area contributed by atoms with E-state index in [-0.39, 0.29) is 16.8 Å². The Labute approximate surface area is 137 Å². The van der Waals surface area contributed by atoms with Crippen LogP contribution in [-0.2, 0) is 14.8 Å². The molecule has 0 saturated carbocycles. The molecule has 2 N–H and O–H groups in total. The van der Waals surface area contributed by atoms with E-state index in [9.17, 15) is 13.2 Å². The molecule has 1 amide bonds. The van der Waals surface area contributed by atoms with Crippen molar-refractivity contribution in [2.24, 2.45) is 0 Å². The Balaban J connectivity index is 2.93. The van der Waals surface area contributed by atoms with E-state index in [4.69, 9.17) is 9.47 Å². The smallest absolute Gasteiger partial charge is 0.241 e. The van der Waals surface area contributed by atoms with Crippen molar-refractivity contribution in [3.05, 3.63) is 18.2 Å². The van der Waals surface area contributed by atoms with Crippen molar-refractivity contribution < 1.29 is 22.7 Å². The summed E-state index contributed by atoms with van der Waals surface area (Å²) in [5.41, 5.74) is 0. The van der Waals surface area contributed by atoms with E-state index in [0.29, 0.717) is 11.5 Å². The molecule has 0 aromatic heterocycles.